The summed E-state index contributed by atoms with van der Waals surface area (Å²) in [7, 11) is 0. The van der Waals surface area contributed by atoms with E-state index in [9.17, 15) is 0 Å². The second kappa shape index (κ2) is 4.96. The van der Waals surface area contributed by atoms with E-state index in [4.69, 9.17) is 0 Å². The maximum atomic E-state index is 4.40. The van der Waals surface area contributed by atoms with Gasteiger partial charge in [0.2, 0.25) is 0 Å². The molecule has 0 unspecified atom stereocenters. The van der Waals surface area contributed by atoms with E-state index in [-0.39, 0.29) is 0 Å². The molecule has 0 saturated heterocycles. The Hall–Kier alpha value is -1.31. The third-order valence-electron chi connectivity index (χ3n) is 2.22. The summed E-state index contributed by atoms with van der Waals surface area (Å²) < 4.78 is 2.17. The fourth-order valence-electron chi connectivity index (χ4n) is 1.54. The highest BCUT2D eigenvalue weighted by molar-refractivity contribution is 5.47. The Balaban J connectivity index is 0.000000531. The van der Waals surface area contributed by atoms with Gasteiger partial charge in [-0.25, -0.2) is 4.98 Å². The number of fused-ring (bicyclic) bond motifs is 1. The molecule has 0 aliphatic carbocycles. The van der Waals surface area contributed by atoms with E-state index in [0.29, 0.717) is 5.92 Å². The molecule has 0 bridgehead atoms. The Labute approximate surface area is 92.0 Å². The van der Waals surface area contributed by atoms with Crippen LogP contribution in [0.2, 0.25) is 0 Å². The van der Waals surface area contributed by atoms with Crippen LogP contribution in [0, 0.1) is 6.92 Å². The number of aromatic nitrogens is 2. The summed E-state index contributed by atoms with van der Waals surface area (Å²) in [6.45, 7) is 10.4. The Bertz CT molecular complexity index is 427. The van der Waals surface area contributed by atoms with Crippen molar-refractivity contribution in [1.29, 1.82) is 0 Å². The first kappa shape index (κ1) is 11.8. The number of nitrogens with zero attached hydrogens (tertiary/aromatic N) is 2. The zero-order valence-electron chi connectivity index (χ0n) is 10.3. The molecule has 15 heavy (non-hydrogen) atoms. The maximum absolute atomic E-state index is 4.40. The molecular formula is C13H20N2. The predicted octanol–water partition coefficient (Wildman–Crippen LogP) is 3.79. The Kier molecular flexibility index (Phi) is 3.89. The lowest BCUT2D eigenvalue weighted by Gasteiger charge is -2.04. The van der Waals surface area contributed by atoms with Crippen LogP contribution in [0.25, 0.3) is 5.52 Å². The van der Waals surface area contributed by atoms with Crippen molar-refractivity contribution in [3.05, 3.63) is 35.9 Å². The molecule has 0 spiro atoms. The number of hydrogen-bond acceptors (Lipinski definition) is 1. The van der Waals surface area contributed by atoms with E-state index >= 15 is 0 Å². The van der Waals surface area contributed by atoms with Crippen LogP contribution in [-0.2, 0) is 0 Å². The van der Waals surface area contributed by atoms with Gasteiger partial charge in [0.15, 0.2) is 0 Å². The van der Waals surface area contributed by atoms with Gasteiger partial charge in [-0.15, -0.1) is 0 Å². The fourth-order valence-corrected chi connectivity index (χ4v) is 1.54. The first-order chi connectivity index (χ1) is 7.18. The molecular weight excluding hydrogens is 184 g/mol. The van der Waals surface area contributed by atoms with Crippen LogP contribution in [-0.4, -0.2) is 9.38 Å². The van der Waals surface area contributed by atoms with Crippen LogP contribution in [0.1, 0.15) is 45.0 Å². The summed E-state index contributed by atoms with van der Waals surface area (Å²) in [6, 6.07) is 4.22. The Morgan fingerprint density at radius 3 is 2.47 bits per heavy atom. The highest BCUT2D eigenvalue weighted by Gasteiger charge is 2.06. The highest BCUT2D eigenvalue weighted by atomic mass is 15.0. The lowest BCUT2D eigenvalue weighted by atomic mass is 10.2. The predicted molar refractivity (Wildman–Crippen MR) is 65.4 cm³/mol. The monoisotopic (exact) mass is 204 g/mol. The van der Waals surface area contributed by atoms with Crippen molar-refractivity contribution in [3.63, 3.8) is 0 Å². The van der Waals surface area contributed by atoms with Crippen molar-refractivity contribution in [2.75, 3.05) is 0 Å². The molecule has 2 aromatic heterocycles. The summed E-state index contributed by atoms with van der Waals surface area (Å²) >= 11 is 0. The first-order valence-corrected chi connectivity index (χ1v) is 5.62. The molecule has 2 heterocycles. The van der Waals surface area contributed by atoms with Gasteiger partial charge in [-0.05, 0) is 18.6 Å². The van der Waals surface area contributed by atoms with Crippen LogP contribution < -0.4 is 0 Å². The summed E-state index contributed by atoms with van der Waals surface area (Å²) in [5.74, 6) is 1.61. The van der Waals surface area contributed by atoms with E-state index in [1.807, 2.05) is 20.0 Å². The van der Waals surface area contributed by atoms with Crippen LogP contribution in [0.4, 0.5) is 0 Å². The van der Waals surface area contributed by atoms with E-state index < -0.39 is 0 Å². The fraction of sp³-hybridized carbons (Fsp3) is 0.462. The second-order valence-electron chi connectivity index (χ2n) is 3.77. The van der Waals surface area contributed by atoms with Gasteiger partial charge in [0, 0.05) is 12.1 Å². The smallest absolute Gasteiger partial charge is 0.115 e. The molecule has 0 N–H and O–H groups in total. The Morgan fingerprint density at radius 1 is 1.20 bits per heavy atom. The normalized spacial score (nSPS) is 10.3. The average Bonchev–Trinajstić information content (AvgIpc) is 2.63. The summed E-state index contributed by atoms with van der Waals surface area (Å²) in [5, 5.41) is 0. The molecule has 82 valence electrons. The summed E-state index contributed by atoms with van der Waals surface area (Å²) in [6.07, 6.45) is 4.06. The van der Waals surface area contributed by atoms with E-state index in [0.717, 1.165) is 5.82 Å². The van der Waals surface area contributed by atoms with Gasteiger partial charge in [-0.2, -0.15) is 0 Å². The lowest BCUT2D eigenvalue weighted by molar-refractivity contribution is 0.769. The third kappa shape index (κ3) is 2.38. The molecule has 0 aliphatic rings. The quantitative estimate of drug-likeness (QED) is 0.690. The number of rotatable bonds is 1. The molecule has 0 aromatic carbocycles. The third-order valence-corrected chi connectivity index (χ3v) is 2.22. The van der Waals surface area contributed by atoms with Crippen molar-refractivity contribution < 1.29 is 0 Å². The molecule has 0 radical (unpaired) electrons. The molecule has 2 heteroatoms. The van der Waals surface area contributed by atoms with Crippen LogP contribution in [0.3, 0.4) is 0 Å². The number of hydrogen-bond donors (Lipinski definition) is 0. The zero-order valence-corrected chi connectivity index (χ0v) is 10.3. The second-order valence-corrected chi connectivity index (χ2v) is 3.77. The molecule has 0 amide bonds. The van der Waals surface area contributed by atoms with Gasteiger partial charge in [-0.1, -0.05) is 33.8 Å². The van der Waals surface area contributed by atoms with Crippen molar-refractivity contribution >= 4 is 5.52 Å². The zero-order chi connectivity index (χ0) is 11.4. The molecule has 2 nitrogen and oxygen atoms in total. The molecule has 0 aliphatic heterocycles. The van der Waals surface area contributed by atoms with Crippen molar-refractivity contribution in [3.8, 4) is 0 Å². The van der Waals surface area contributed by atoms with Gasteiger partial charge >= 0.3 is 0 Å². The van der Waals surface area contributed by atoms with Gasteiger partial charge in [0.1, 0.15) is 5.82 Å². The number of pyridine rings is 1. The lowest BCUT2D eigenvalue weighted by Crippen LogP contribution is -1.96. The van der Waals surface area contributed by atoms with Gasteiger partial charge < -0.3 is 4.40 Å². The average molecular weight is 204 g/mol. The van der Waals surface area contributed by atoms with Crippen molar-refractivity contribution in [2.24, 2.45) is 0 Å². The topological polar surface area (TPSA) is 17.3 Å². The minimum absolute atomic E-state index is 0.476. The molecule has 0 atom stereocenters. The SMILES string of the molecule is CC.Cc1ccc2cnc(C(C)C)n2c1. The van der Waals surface area contributed by atoms with Crippen LogP contribution >= 0.6 is 0 Å². The van der Waals surface area contributed by atoms with E-state index in [1.165, 1.54) is 11.1 Å². The largest absolute Gasteiger partial charge is 0.303 e. The van der Waals surface area contributed by atoms with Gasteiger partial charge in [0.25, 0.3) is 0 Å². The molecule has 0 saturated carbocycles. The standard InChI is InChI=1S/C11H14N2.C2H6/c1-8(2)11-12-6-10-5-4-9(3)7-13(10)11;1-2/h4-8H,1-3H3;1-2H3. The summed E-state index contributed by atoms with van der Waals surface area (Å²) in [4.78, 5) is 4.40. The van der Waals surface area contributed by atoms with Crippen LogP contribution in [0.5, 0.6) is 0 Å². The minimum atomic E-state index is 0.476. The summed E-state index contributed by atoms with van der Waals surface area (Å²) in [5.41, 5.74) is 2.45. The molecule has 2 aromatic rings. The molecule has 0 fully saturated rings. The van der Waals surface area contributed by atoms with E-state index in [1.54, 1.807) is 0 Å². The highest BCUT2D eigenvalue weighted by Crippen LogP contribution is 2.15. The van der Waals surface area contributed by atoms with E-state index in [2.05, 4.69) is 48.5 Å². The van der Waals surface area contributed by atoms with Gasteiger partial charge in [-0.3, -0.25) is 0 Å². The maximum Gasteiger partial charge on any atom is 0.115 e. The van der Waals surface area contributed by atoms with Gasteiger partial charge in [0.05, 0.1) is 11.7 Å². The number of imidazole rings is 1. The van der Waals surface area contributed by atoms with Crippen molar-refractivity contribution in [2.45, 2.75) is 40.5 Å². The van der Waals surface area contributed by atoms with Crippen LogP contribution in [0.15, 0.2) is 24.5 Å². The molecule has 2 rings (SSSR count). The Morgan fingerprint density at radius 2 is 1.87 bits per heavy atom. The minimum Gasteiger partial charge on any atom is -0.303 e. The number of aryl methyl sites for hydroxylation is 1. The van der Waals surface area contributed by atoms with Crippen molar-refractivity contribution in [1.82, 2.24) is 9.38 Å². The first-order valence-electron chi connectivity index (χ1n) is 5.62.